The third-order valence-electron chi connectivity index (χ3n) is 3.15. The van der Waals surface area contributed by atoms with E-state index in [9.17, 15) is 13.2 Å². The zero-order valence-corrected chi connectivity index (χ0v) is 11.6. The van der Waals surface area contributed by atoms with Crippen LogP contribution in [0.25, 0.3) is 0 Å². The summed E-state index contributed by atoms with van der Waals surface area (Å²) >= 11 is 5.86. The molecule has 7 heteroatoms. The minimum absolute atomic E-state index is 0.0464. The summed E-state index contributed by atoms with van der Waals surface area (Å²) in [5.41, 5.74) is -0.776. The zero-order valence-electron chi connectivity index (χ0n) is 10.8. The van der Waals surface area contributed by atoms with Crippen molar-refractivity contribution in [2.45, 2.75) is 6.18 Å². The molecule has 1 aliphatic rings. The zero-order chi connectivity index (χ0) is 14.6. The summed E-state index contributed by atoms with van der Waals surface area (Å²) in [6.07, 6.45) is -4.41. The third kappa shape index (κ3) is 4.01. The summed E-state index contributed by atoms with van der Waals surface area (Å²) < 4.78 is 43.9. The standard InChI is InChI=1S/C13H16ClF3N2O/c14-11-3-1-2-10(13(15,16)17)12(11)18-4-5-19-6-8-20-9-7-19/h1-3,18H,4-9H2. The van der Waals surface area contributed by atoms with Crippen LogP contribution in [0.15, 0.2) is 18.2 Å². The van der Waals surface area contributed by atoms with Crippen LogP contribution in [0.4, 0.5) is 18.9 Å². The molecule has 112 valence electrons. The van der Waals surface area contributed by atoms with Gasteiger partial charge < -0.3 is 10.1 Å². The van der Waals surface area contributed by atoms with Crippen LogP contribution >= 0.6 is 11.6 Å². The van der Waals surface area contributed by atoms with Gasteiger partial charge in [0.2, 0.25) is 0 Å². The average Bonchev–Trinajstić information content (AvgIpc) is 2.40. The van der Waals surface area contributed by atoms with Gasteiger partial charge in [0.1, 0.15) is 0 Å². The fourth-order valence-electron chi connectivity index (χ4n) is 2.10. The second-order valence-electron chi connectivity index (χ2n) is 4.54. The first kappa shape index (κ1) is 15.4. The lowest BCUT2D eigenvalue weighted by atomic mass is 10.1. The highest BCUT2D eigenvalue weighted by Crippen LogP contribution is 2.38. The summed E-state index contributed by atoms with van der Waals surface area (Å²) in [5.74, 6) is 0. The van der Waals surface area contributed by atoms with Crippen molar-refractivity contribution in [3.05, 3.63) is 28.8 Å². The van der Waals surface area contributed by atoms with Gasteiger partial charge in [-0.3, -0.25) is 4.90 Å². The van der Waals surface area contributed by atoms with Gasteiger partial charge in [-0.25, -0.2) is 0 Å². The van der Waals surface area contributed by atoms with E-state index in [2.05, 4.69) is 10.2 Å². The van der Waals surface area contributed by atoms with Crippen molar-refractivity contribution in [3.8, 4) is 0 Å². The van der Waals surface area contributed by atoms with Crippen LogP contribution in [-0.4, -0.2) is 44.3 Å². The molecule has 0 aromatic heterocycles. The van der Waals surface area contributed by atoms with Gasteiger partial charge in [0.05, 0.1) is 29.5 Å². The number of nitrogens with zero attached hydrogens (tertiary/aromatic N) is 1. The SMILES string of the molecule is FC(F)(F)c1cccc(Cl)c1NCCN1CCOCC1. The normalized spacial score (nSPS) is 17.2. The van der Waals surface area contributed by atoms with Crippen LogP contribution in [0, 0.1) is 0 Å². The summed E-state index contributed by atoms with van der Waals surface area (Å²) in [6, 6.07) is 3.79. The van der Waals surface area contributed by atoms with Gasteiger partial charge in [-0.05, 0) is 12.1 Å². The van der Waals surface area contributed by atoms with E-state index in [-0.39, 0.29) is 10.7 Å². The molecule has 0 bridgehead atoms. The molecule has 1 aliphatic heterocycles. The molecule has 0 saturated carbocycles. The highest BCUT2D eigenvalue weighted by atomic mass is 35.5. The Bertz CT molecular complexity index is 448. The minimum Gasteiger partial charge on any atom is -0.382 e. The molecule has 0 atom stereocenters. The van der Waals surface area contributed by atoms with Crippen molar-refractivity contribution < 1.29 is 17.9 Å². The largest absolute Gasteiger partial charge is 0.418 e. The Balaban J connectivity index is 1.98. The number of para-hydroxylation sites is 1. The van der Waals surface area contributed by atoms with Gasteiger partial charge in [0.15, 0.2) is 0 Å². The number of rotatable bonds is 4. The van der Waals surface area contributed by atoms with Crippen LogP contribution in [-0.2, 0) is 10.9 Å². The van der Waals surface area contributed by atoms with Crippen LogP contribution in [0.3, 0.4) is 0 Å². The number of ether oxygens (including phenoxy) is 1. The van der Waals surface area contributed by atoms with Crippen molar-refractivity contribution in [1.29, 1.82) is 0 Å². The van der Waals surface area contributed by atoms with Crippen LogP contribution in [0.2, 0.25) is 5.02 Å². The monoisotopic (exact) mass is 308 g/mol. The van der Waals surface area contributed by atoms with Gasteiger partial charge in [-0.1, -0.05) is 17.7 Å². The van der Waals surface area contributed by atoms with E-state index in [4.69, 9.17) is 16.3 Å². The van der Waals surface area contributed by atoms with Crippen molar-refractivity contribution in [1.82, 2.24) is 4.90 Å². The van der Waals surface area contributed by atoms with Crippen molar-refractivity contribution >= 4 is 17.3 Å². The number of hydrogen-bond acceptors (Lipinski definition) is 3. The molecule has 1 fully saturated rings. The second-order valence-corrected chi connectivity index (χ2v) is 4.95. The van der Waals surface area contributed by atoms with Gasteiger partial charge in [-0.15, -0.1) is 0 Å². The molecule has 1 heterocycles. The molecule has 0 radical (unpaired) electrons. The molecule has 1 aromatic carbocycles. The van der Waals surface area contributed by atoms with Crippen molar-refractivity contribution in [2.75, 3.05) is 44.7 Å². The Morgan fingerprint density at radius 2 is 1.95 bits per heavy atom. The number of hydrogen-bond donors (Lipinski definition) is 1. The highest BCUT2D eigenvalue weighted by Gasteiger charge is 2.34. The fraction of sp³-hybridized carbons (Fsp3) is 0.538. The quantitative estimate of drug-likeness (QED) is 0.925. The Hall–Kier alpha value is -0.980. The maximum atomic E-state index is 12.9. The fourth-order valence-corrected chi connectivity index (χ4v) is 2.35. The molecule has 0 spiro atoms. The minimum atomic E-state index is -4.41. The number of anilines is 1. The van der Waals surface area contributed by atoms with Crippen molar-refractivity contribution in [2.24, 2.45) is 0 Å². The average molecular weight is 309 g/mol. The Labute approximate surface area is 120 Å². The van der Waals surface area contributed by atoms with E-state index in [1.807, 2.05) is 0 Å². The lowest BCUT2D eigenvalue weighted by Crippen LogP contribution is -2.39. The lowest BCUT2D eigenvalue weighted by Gasteiger charge is -2.27. The number of alkyl halides is 3. The van der Waals surface area contributed by atoms with E-state index < -0.39 is 11.7 Å². The predicted molar refractivity (Wildman–Crippen MR) is 72.2 cm³/mol. The number of benzene rings is 1. The number of halogens is 4. The van der Waals surface area contributed by atoms with E-state index in [0.717, 1.165) is 19.2 Å². The maximum Gasteiger partial charge on any atom is 0.418 e. The Morgan fingerprint density at radius 3 is 2.60 bits per heavy atom. The van der Waals surface area contributed by atoms with Crippen molar-refractivity contribution in [3.63, 3.8) is 0 Å². The molecule has 0 aliphatic carbocycles. The first-order valence-electron chi connectivity index (χ1n) is 6.38. The van der Waals surface area contributed by atoms with E-state index in [1.165, 1.54) is 12.1 Å². The molecular formula is C13H16ClF3N2O. The molecule has 2 rings (SSSR count). The van der Waals surface area contributed by atoms with Gasteiger partial charge in [0, 0.05) is 26.2 Å². The summed E-state index contributed by atoms with van der Waals surface area (Å²) in [7, 11) is 0. The second kappa shape index (κ2) is 6.65. The van der Waals surface area contributed by atoms with E-state index in [0.29, 0.717) is 26.3 Å². The first-order chi connectivity index (χ1) is 9.48. The Morgan fingerprint density at radius 1 is 1.25 bits per heavy atom. The molecule has 20 heavy (non-hydrogen) atoms. The van der Waals surface area contributed by atoms with Crippen LogP contribution in [0.1, 0.15) is 5.56 Å². The molecule has 0 unspecified atom stereocenters. The summed E-state index contributed by atoms with van der Waals surface area (Å²) in [5, 5.41) is 2.89. The number of morpholine rings is 1. The molecule has 3 nitrogen and oxygen atoms in total. The highest BCUT2D eigenvalue weighted by molar-refractivity contribution is 6.33. The molecule has 1 aromatic rings. The molecule has 1 N–H and O–H groups in total. The molecule has 1 saturated heterocycles. The lowest BCUT2D eigenvalue weighted by molar-refractivity contribution is -0.136. The van der Waals surface area contributed by atoms with Crippen LogP contribution < -0.4 is 5.32 Å². The van der Waals surface area contributed by atoms with Gasteiger partial charge in [-0.2, -0.15) is 13.2 Å². The van der Waals surface area contributed by atoms with Gasteiger partial charge in [0.25, 0.3) is 0 Å². The molecule has 0 amide bonds. The maximum absolute atomic E-state index is 12.9. The van der Waals surface area contributed by atoms with E-state index in [1.54, 1.807) is 0 Å². The van der Waals surface area contributed by atoms with E-state index >= 15 is 0 Å². The predicted octanol–water partition coefficient (Wildman–Crippen LogP) is 3.10. The summed E-state index contributed by atoms with van der Waals surface area (Å²) in [6.45, 7) is 4.01. The first-order valence-corrected chi connectivity index (χ1v) is 6.76. The molecular weight excluding hydrogens is 293 g/mol. The van der Waals surface area contributed by atoms with Gasteiger partial charge >= 0.3 is 6.18 Å². The topological polar surface area (TPSA) is 24.5 Å². The summed E-state index contributed by atoms with van der Waals surface area (Å²) in [4.78, 5) is 2.14. The van der Waals surface area contributed by atoms with Crippen LogP contribution in [0.5, 0.6) is 0 Å². The Kier molecular flexibility index (Phi) is 5.12. The number of nitrogens with one attached hydrogen (secondary N) is 1. The third-order valence-corrected chi connectivity index (χ3v) is 3.47. The smallest absolute Gasteiger partial charge is 0.382 e.